The van der Waals surface area contributed by atoms with Crippen LogP contribution in [0.4, 0.5) is 5.69 Å². The fourth-order valence-corrected chi connectivity index (χ4v) is 6.05. The number of rotatable bonds is 7. The molecule has 0 bridgehead atoms. The summed E-state index contributed by atoms with van der Waals surface area (Å²) in [6.45, 7) is 3.90. The van der Waals surface area contributed by atoms with Crippen molar-refractivity contribution in [2.24, 2.45) is 0 Å². The van der Waals surface area contributed by atoms with Gasteiger partial charge in [0.1, 0.15) is 0 Å². The Bertz CT molecular complexity index is 829. The van der Waals surface area contributed by atoms with Crippen LogP contribution < -0.4 is 10.9 Å². The van der Waals surface area contributed by atoms with E-state index in [1.165, 1.54) is 18.6 Å². The van der Waals surface area contributed by atoms with Crippen LogP contribution in [0, 0.1) is 0 Å². The summed E-state index contributed by atoms with van der Waals surface area (Å²) in [4.78, 5) is 29.1. The Balaban J connectivity index is 1.58. The third-order valence-corrected chi connectivity index (χ3v) is 7.54. The zero-order chi connectivity index (χ0) is 18.5. The summed E-state index contributed by atoms with van der Waals surface area (Å²) in [7, 11) is 3.95. The number of carbonyl (C=O) groups is 1. The van der Waals surface area contributed by atoms with Crippen molar-refractivity contribution in [3.8, 4) is 0 Å². The average Bonchev–Trinajstić information content (AvgIpc) is 3.12. The highest BCUT2D eigenvalue weighted by Crippen LogP contribution is 2.39. The van der Waals surface area contributed by atoms with Crippen molar-refractivity contribution in [1.82, 2.24) is 9.55 Å². The number of nitrogens with zero attached hydrogens (tertiary/aromatic N) is 2. The molecule has 26 heavy (non-hydrogen) atoms. The molecule has 1 N–H and O–H groups in total. The molecule has 1 aliphatic heterocycles. The molecule has 5 nitrogen and oxygen atoms in total. The summed E-state index contributed by atoms with van der Waals surface area (Å²) in [6.07, 6.45) is 6.58. The fourth-order valence-electron chi connectivity index (χ4n) is 3.03. The molecule has 1 saturated heterocycles. The topological polar surface area (TPSA) is 64.0 Å². The van der Waals surface area contributed by atoms with E-state index in [9.17, 15) is 9.59 Å². The van der Waals surface area contributed by atoms with Crippen LogP contribution in [0.15, 0.2) is 29.3 Å². The first-order chi connectivity index (χ1) is 12.5. The van der Waals surface area contributed by atoms with E-state index >= 15 is 0 Å². The van der Waals surface area contributed by atoms with Gasteiger partial charge < -0.3 is 5.32 Å². The molecule has 1 fully saturated rings. The summed E-state index contributed by atoms with van der Waals surface area (Å²) < 4.78 is 1.60. The van der Waals surface area contributed by atoms with Crippen LogP contribution in [0.1, 0.15) is 52.0 Å². The summed E-state index contributed by atoms with van der Waals surface area (Å²) in [5.74, 6) is 1.26. The average molecular weight is 392 g/mol. The maximum atomic E-state index is 12.6. The molecule has 0 unspecified atom stereocenters. The Morgan fingerprint density at radius 1 is 1.38 bits per heavy atom. The van der Waals surface area contributed by atoms with Crippen molar-refractivity contribution in [2.75, 3.05) is 11.1 Å². The molecule has 1 aromatic heterocycles. The summed E-state index contributed by atoms with van der Waals surface area (Å²) >= 11 is 0. The largest absolute Gasteiger partial charge is 0.326 e. The van der Waals surface area contributed by atoms with Gasteiger partial charge >= 0.3 is 0 Å². The lowest BCUT2D eigenvalue weighted by Gasteiger charge is -2.11. The molecule has 1 aliphatic rings. The number of nitrogens with one attached hydrogen (secondary N) is 1. The van der Waals surface area contributed by atoms with Gasteiger partial charge in [0.05, 0.1) is 17.2 Å². The minimum atomic E-state index is -0.0759. The summed E-state index contributed by atoms with van der Waals surface area (Å²) in [5.41, 5.74) is 1.23. The first kappa shape index (κ1) is 19.3. The van der Waals surface area contributed by atoms with Crippen molar-refractivity contribution in [2.45, 2.75) is 57.2 Å². The smallest absolute Gasteiger partial charge is 0.261 e. The van der Waals surface area contributed by atoms with Crippen molar-refractivity contribution >= 4 is 44.1 Å². The molecule has 2 aromatic rings. The number of carbonyl (C=O) groups excluding carboxylic acids is 1. The number of fused-ring (bicyclic) bond motifs is 1. The minimum Gasteiger partial charge on any atom is -0.326 e. The Labute approximate surface area is 161 Å². The van der Waals surface area contributed by atoms with Gasteiger partial charge in [-0.25, -0.2) is 4.98 Å². The van der Waals surface area contributed by atoms with Gasteiger partial charge in [-0.15, -0.1) is 0 Å². The van der Waals surface area contributed by atoms with E-state index in [0.717, 1.165) is 18.1 Å². The molecule has 3 rings (SSSR count). The first-order valence-electron chi connectivity index (χ1n) is 9.13. The van der Waals surface area contributed by atoms with Crippen LogP contribution in [0.2, 0.25) is 0 Å². The van der Waals surface area contributed by atoms with E-state index in [1.807, 2.05) is 35.4 Å². The second-order valence-electron chi connectivity index (χ2n) is 6.91. The Morgan fingerprint density at radius 2 is 2.23 bits per heavy atom. The van der Waals surface area contributed by atoms with Crippen molar-refractivity contribution in [1.29, 1.82) is 0 Å². The lowest BCUT2D eigenvalue weighted by atomic mass is 10.1. The molecule has 0 aliphatic carbocycles. The van der Waals surface area contributed by atoms with Crippen LogP contribution in [-0.4, -0.2) is 26.5 Å². The van der Waals surface area contributed by atoms with Crippen molar-refractivity contribution < 1.29 is 4.79 Å². The second kappa shape index (κ2) is 8.95. The molecular weight excluding hydrogens is 366 g/mol. The molecule has 0 spiro atoms. The fraction of sp³-hybridized carbons (Fsp3) is 0.526. The number of anilines is 1. The molecule has 1 atom stereocenters. The van der Waals surface area contributed by atoms with Gasteiger partial charge in [-0.2, -0.15) is 0 Å². The maximum Gasteiger partial charge on any atom is 0.261 e. The molecule has 1 aromatic carbocycles. The second-order valence-corrected chi connectivity index (χ2v) is 9.69. The minimum absolute atomic E-state index is 0.00544. The highest BCUT2D eigenvalue weighted by Gasteiger charge is 2.16. The molecular formula is C19H25N3O2S2. The number of benzene rings is 1. The summed E-state index contributed by atoms with van der Waals surface area (Å²) in [5, 5.41) is 4.21. The summed E-state index contributed by atoms with van der Waals surface area (Å²) in [6, 6.07) is 5.37. The van der Waals surface area contributed by atoms with Gasteiger partial charge in [0.25, 0.3) is 5.56 Å². The van der Waals surface area contributed by atoms with Crippen molar-refractivity contribution in [3.05, 3.63) is 34.9 Å². The number of aromatic nitrogens is 2. The molecule has 7 heteroatoms. The highest BCUT2D eigenvalue weighted by atomic mass is 33.1. The van der Waals surface area contributed by atoms with Gasteiger partial charge in [-0.3, -0.25) is 14.2 Å². The van der Waals surface area contributed by atoms with Crippen LogP contribution >= 0.6 is 21.6 Å². The molecule has 0 saturated carbocycles. The molecule has 140 valence electrons. The van der Waals surface area contributed by atoms with Gasteiger partial charge in [0.15, 0.2) is 0 Å². The van der Waals surface area contributed by atoms with Gasteiger partial charge in [-0.05, 0) is 51.3 Å². The van der Waals surface area contributed by atoms with E-state index in [-0.39, 0.29) is 17.5 Å². The van der Waals surface area contributed by atoms with Crippen LogP contribution in [0.25, 0.3) is 10.9 Å². The van der Waals surface area contributed by atoms with Crippen molar-refractivity contribution in [3.63, 3.8) is 0 Å². The van der Waals surface area contributed by atoms with Crippen LogP contribution in [-0.2, 0) is 4.79 Å². The molecule has 0 radical (unpaired) electrons. The number of hydrogen-bond donors (Lipinski definition) is 1. The number of hydrogen-bond acceptors (Lipinski definition) is 5. The third-order valence-electron chi connectivity index (χ3n) is 4.53. The monoisotopic (exact) mass is 391 g/mol. The molecule has 1 amide bonds. The Hall–Kier alpha value is -1.47. The number of amides is 1. The standard InChI is InChI=1S/C19H25N3O2S2/c1-13(2)22-12-20-17-8-7-14(11-16(17)19(22)24)21-18(23)6-4-3-5-15-9-10-25-26-15/h7-8,11-13,15H,3-6,9-10H2,1-2H3,(H,21,23)/t15-/m0/s1. The van der Waals surface area contributed by atoms with Crippen LogP contribution in [0.3, 0.4) is 0 Å². The van der Waals surface area contributed by atoms with Crippen LogP contribution in [0.5, 0.6) is 0 Å². The predicted octanol–water partition coefficient (Wildman–Crippen LogP) is 4.63. The van der Waals surface area contributed by atoms with E-state index in [4.69, 9.17) is 0 Å². The van der Waals surface area contributed by atoms with E-state index in [1.54, 1.807) is 29.1 Å². The normalized spacial score (nSPS) is 17.1. The van der Waals surface area contributed by atoms with Gasteiger partial charge in [0.2, 0.25) is 5.91 Å². The lowest BCUT2D eigenvalue weighted by Crippen LogP contribution is -2.22. The van der Waals surface area contributed by atoms with Gasteiger partial charge in [-0.1, -0.05) is 28.0 Å². The lowest BCUT2D eigenvalue weighted by molar-refractivity contribution is -0.116. The third kappa shape index (κ3) is 4.82. The zero-order valence-corrected chi connectivity index (χ0v) is 16.9. The highest BCUT2D eigenvalue weighted by molar-refractivity contribution is 8.77. The quantitative estimate of drug-likeness (QED) is 0.551. The first-order valence-corrected chi connectivity index (χ1v) is 11.5. The zero-order valence-electron chi connectivity index (χ0n) is 15.2. The SMILES string of the molecule is CC(C)n1cnc2ccc(NC(=O)CCCC[C@H]3CCSS3)cc2c1=O. The predicted molar refractivity (Wildman–Crippen MR) is 112 cm³/mol. The number of unbranched alkanes of at least 4 members (excludes halogenated alkanes) is 1. The van der Waals surface area contributed by atoms with E-state index < -0.39 is 0 Å². The molecule has 2 heterocycles. The van der Waals surface area contributed by atoms with Gasteiger partial charge in [0, 0.05) is 29.2 Å². The van der Waals surface area contributed by atoms with E-state index in [0.29, 0.717) is 23.0 Å². The van der Waals surface area contributed by atoms with E-state index in [2.05, 4.69) is 10.3 Å². The Morgan fingerprint density at radius 3 is 2.96 bits per heavy atom. The Kier molecular flexibility index (Phi) is 6.64. The maximum absolute atomic E-state index is 12.6.